The second-order valence-electron chi connectivity index (χ2n) is 3.12. The van der Waals surface area contributed by atoms with Crippen molar-refractivity contribution in [2.45, 2.75) is 20.3 Å². The van der Waals surface area contributed by atoms with E-state index in [2.05, 4.69) is 56.6 Å². The Morgan fingerprint density at radius 3 is 3.00 bits per heavy atom. The highest BCUT2D eigenvalue weighted by atomic mass is 127. The van der Waals surface area contributed by atoms with Crippen LogP contribution in [0.25, 0.3) is 10.9 Å². The highest BCUT2D eigenvalue weighted by Gasteiger charge is 2.07. The topological polar surface area (TPSA) is 17.8 Å². The molecule has 0 aromatic carbocycles. The molecule has 3 heteroatoms. The number of nitrogens with zero attached hydrogens (tertiary/aromatic N) is 2. The first kappa shape index (κ1) is 8.99. The summed E-state index contributed by atoms with van der Waals surface area (Å²) >= 11 is 2.32. The van der Waals surface area contributed by atoms with Crippen molar-refractivity contribution in [3.05, 3.63) is 29.7 Å². The van der Waals surface area contributed by atoms with E-state index in [1.807, 2.05) is 6.20 Å². The zero-order chi connectivity index (χ0) is 9.42. The van der Waals surface area contributed by atoms with E-state index < -0.39 is 0 Å². The quantitative estimate of drug-likeness (QED) is 0.737. The van der Waals surface area contributed by atoms with E-state index in [-0.39, 0.29) is 0 Å². The molecule has 0 N–H and O–H groups in total. The van der Waals surface area contributed by atoms with Gasteiger partial charge in [0.25, 0.3) is 0 Å². The van der Waals surface area contributed by atoms with Gasteiger partial charge >= 0.3 is 0 Å². The van der Waals surface area contributed by atoms with Crippen LogP contribution >= 0.6 is 22.9 Å². The molecule has 13 heavy (non-hydrogen) atoms. The van der Waals surface area contributed by atoms with Crippen LogP contribution in [0.2, 0.25) is 0 Å². The van der Waals surface area contributed by atoms with E-state index in [0.717, 1.165) is 6.42 Å². The van der Waals surface area contributed by atoms with Gasteiger partial charge in [-0.15, -0.1) is 0 Å². The average molecular weight is 286 g/mol. The number of hydrogen-bond acceptors (Lipinski definition) is 1. The molecule has 0 saturated carbocycles. The van der Waals surface area contributed by atoms with Crippen molar-refractivity contribution >= 4 is 33.8 Å². The van der Waals surface area contributed by atoms with E-state index in [1.54, 1.807) is 0 Å². The summed E-state index contributed by atoms with van der Waals surface area (Å²) in [5.41, 5.74) is 3.72. The Bertz CT molecular complexity index is 445. The normalized spacial score (nSPS) is 11.0. The van der Waals surface area contributed by atoms with Crippen molar-refractivity contribution in [2.75, 3.05) is 0 Å². The summed E-state index contributed by atoms with van der Waals surface area (Å²) in [5, 5.41) is 1.29. The zero-order valence-corrected chi connectivity index (χ0v) is 9.87. The Balaban J connectivity index is 2.87. The van der Waals surface area contributed by atoms with E-state index in [1.165, 1.54) is 22.3 Å². The standard InChI is InChI=1S/C10H11IN2/c1-3-9-10-8(4-5-12-9)6-7(2)13(10)11/h4-6H,3H2,1-2H3. The lowest BCUT2D eigenvalue weighted by molar-refractivity contribution is 1.04. The molecule has 0 aliphatic heterocycles. The first-order chi connectivity index (χ1) is 6.24. The summed E-state index contributed by atoms with van der Waals surface area (Å²) in [7, 11) is 0. The predicted octanol–water partition coefficient (Wildman–Crippen LogP) is 3.11. The largest absolute Gasteiger partial charge is 0.285 e. The van der Waals surface area contributed by atoms with Gasteiger partial charge in [0.1, 0.15) is 0 Å². The summed E-state index contributed by atoms with van der Waals surface area (Å²) in [6.45, 7) is 4.26. The molecule has 0 amide bonds. The molecule has 0 bridgehead atoms. The molecule has 0 atom stereocenters. The van der Waals surface area contributed by atoms with Crippen LogP contribution in [0, 0.1) is 6.92 Å². The van der Waals surface area contributed by atoms with Crippen molar-refractivity contribution in [1.29, 1.82) is 0 Å². The Morgan fingerprint density at radius 2 is 2.31 bits per heavy atom. The summed E-state index contributed by atoms with van der Waals surface area (Å²) < 4.78 is 2.18. The Kier molecular flexibility index (Phi) is 2.27. The van der Waals surface area contributed by atoms with Crippen LogP contribution in [0.3, 0.4) is 0 Å². The monoisotopic (exact) mass is 286 g/mol. The molecule has 2 heterocycles. The van der Waals surface area contributed by atoms with Gasteiger partial charge < -0.3 is 0 Å². The van der Waals surface area contributed by atoms with Gasteiger partial charge in [-0.2, -0.15) is 0 Å². The smallest absolute Gasteiger partial charge is 0.0795 e. The van der Waals surface area contributed by atoms with Crippen LogP contribution in [-0.4, -0.2) is 7.76 Å². The molecule has 0 spiro atoms. The van der Waals surface area contributed by atoms with Crippen LogP contribution in [-0.2, 0) is 6.42 Å². The van der Waals surface area contributed by atoms with Gasteiger partial charge in [0.15, 0.2) is 0 Å². The van der Waals surface area contributed by atoms with E-state index in [0.29, 0.717) is 0 Å². The average Bonchev–Trinajstić information content (AvgIpc) is 2.43. The van der Waals surface area contributed by atoms with Gasteiger partial charge in [0.2, 0.25) is 0 Å². The lowest BCUT2D eigenvalue weighted by atomic mass is 10.2. The molecular weight excluding hydrogens is 275 g/mol. The second-order valence-corrected chi connectivity index (χ2v) is 4.08. The SMILES string of the molecule is CCc1nccc2cc(C)n(I)c12. The number of pyridine rings is 1. The maximum atomic E-state index is 4.37. The number of rotatable bonds is 1. The number of aromatic nitrogens is 2. The number of hydrogen-bond donors (Lipinski definition) is 0. The Morgan fingerprint density at radius 1 is 1.54 bits per heavy atom. The van der Waals surface area contributed by atoms with Crippen molar-refractivity contribution in [2.24, 2.45) is 0 Å². The number of aryl methyl sites for hydroxylation is 2. The van der Waals surface area contributed by atoms with Crippen molar-refractivity contribution in [3.8, 4) is 0 Å². The van der Waals surface area contributed by atoms with Gasteiger partial charge in [-0.25, -0.2) is 0 Å². The second kappa shape index (κ2) is 3.29. The third-order valence-electron chi connectivity index (χ3n) is 2.24. The van der Waals surface area contributed by atoms with Gasteiger partial charge in [-0.05, 0) is 25.5 Å². The first-order valence-electron chi connectivity index (χ1n) is 4.36. The molecule has 0 unspecified atom stereocenters. The third-order valence-corrected chi connectivity index (χ3v) is 3.48. The molecule has 2 rings (SSSR count). The molecule has 2 nitrogen and oxygen atoms in total. The van der Waals surface area contributed by atoms with Crippen molar-refractivity contribution in [1.82, 2.24) is 7.76 Å². The summed E-state index contributed by atoms with van der Waals surface area (Å²) in [6, 6.07) is 4.26. The molecule has 0 aliphatic carbocycles. The molecule has 0 aliphatic rings. The van der Waals surface area contributed by atoms with Gasteiger partial charge in [-0.3, -0.25) is 7.76 Å². The molecule has 68 valence electrons. The van der Waals surface area contributed by atoms with Gasteiger partial charge in [-0.1, -0.05) is 6.92 Å². The molecular formula is C10H11IN2. The fourth-order valence-corrected chi connectivity index (χ4v) is 2.27. The minimum absolute atomic E-state index is 0.990. The molecule has 2 aromatic heterocycles. The zero-order valence-electron chi connectivity index (χ0n) is 7.71. The highest BCUT2D eigenvalue weighted by molar-refractivity contribution is 14.1. The molecule has 0 fully saturated rings. The van der Waals surface area contributed by atoms with Crippen LogP contribution in [0.4, 0.5) is 0 Å². The maximum Gasteiger partial charge on any atom is 0.0795 e. The maximum absolute atomic E-state index is 4.37. The van der Waals surface area contributed by atoms with Crippen LogP contribution in [0.15, 0.2) is 18.3 Å². The van der Waals surface area contributed by atoms with E-state index in [9.17, 15) is 0 Å². The van der Waals surface area contributed by atoms with E-state index >= 15 is 0 Å². The van der Waals surface area contributed by atoms with Crippen LogP contribution in [0.5, 0.6) is 0 Å². The third kappa shape index (κ3) is 1.35. The molecule has 0 saturated heterocycles. The molecule has 2 aromatic rings. The van der Waals surface area contributed by atoms with Crippen LogP contribution in [0.1, 0.15) is 18.3 Å². The Labute approximate surface area is 91.5 Å². The lowest BCUT2D eigenvalue weighted by Crippen LogP contribution is -1.91. The summed E-state index contributed by atoms with van der Waals surface area (Å²) in [6.07, 6.45) is 2.88. The van der Waals surface area contributed by atoms with Crippen molar-refractivity contribution < 1.29 is 0 Å². The summed E-state index contributed by atoms with van der Waals surface area (Å²) in [4.78, 5) is 4.37. The minimum atomic E-state index is 0.990. The van der Waals surface area contributed by atoms with Gasteiger partial charge in [0, 0.05) is 17.3 Å². The number of halogens is 1. The first-order valence-corrected chi connectivity index (χ1v) is 5.32. The van der Waals surface area contributed by atoms with Gasteiger partial charge in [0.05, 0.1) is 34.1 Å². The van der Waals surface area contributed by atoms with E-state index in [4.69, 9.17) is 0 Å². The van der Waals surface area contributed by atoms with Crippen molar-refractivity contribution in [3.63, 3.8) is 0 Å². The molecule has 0 radical (unpaired) electrons. The summed E-state index contributed by atoms with van der Waals surface area (Å²) in [5.74, 6) is 0. The fourth-order valence-electron chi connectivity index (χ4n) is 1.57. The highest BCUT2D eigenvalue weighted by Crippen LogP contribution is 2.23. The fraction of sp³-hybridized carbons (Fsp3) is 0.300. The van der Waals surface area contributed by atoms with Crippen LogP contribution < -0.4 is 0 Å². The Hall–Kier alpha value is -0.580. The number of fused-ring (bicyclic) bond motifs is 1. The predicted molar refractivity (Wildman–Crippen MR) is 63.3 cm³/mol. The minimum Gasteiger partial charge on any atom is -0.285 e. The lowest BCUT2D eigenvalue weighted by Gasteiger charge is -2.01.